The number of carbonyl (C=O) groups is 2. The maximum atomic E-state index is 12.7. The Morgan fingerprint density at radius 1 is 1.19 bits per heavy atom. The second-order valence-corrected chi connectivity index (χ2v) is 6.02. The number of hydrogen-bond donors (Lipinski definition) is 1. The van der Waals surface area contributed by atoms with Crippen molar-refractivity contribution in [3.05, 3.63) is 63.1 Å². The molecule has 1 N–H and O–H groups in total. The molecule has 0 aliphatic carbocycles. The molecule has 1 amide bonds. The number of aryl methyl sites for hydroxylation is 1. The van der Waals surface area contributed by atoms with E-state index in [4.69, 9.17) is 0 Å². The van der Waals surface area contributed by atoms with E-state index < -0.39 is 0 Å². The van der Waals surface area contributed by atoms with Crippen LogP contribution < -0.4 is 5.32 Å². The van der Waals surface area contributed by atoms with Crippen LogP contribution in [-0.4, -0.2) is 11.7 Å². The second-order valence-electron chi connectivity index (χ2n) is 5.16. The number of rotatable bonds is 2. The fourth-order valence-electron chi connectivity index (χ4n) is 2.53. The van der Waals surface area contributed by atoms with Gasteiger partial charge in [0.2, 0.25) is 5.91 Å². The average Bonchev–Trinajstić information content (AvgIpc) is 2.49. The number of halogens is 1. The van der Waals surface area contributed by atoms with Gasteiger partial charge < -0.3 is 5.32 Å². The zero-order valence-electron chi connectivity index (χ0n) is 11.6. The highest BCUT2D eigenvalue weighted by molar-refractivity contribution is 9.10. The molecular formula is C17H14BrNO2. The molecule has 106 valence electrons. The predicted octanol–water partition coefficient (Wildman–Crippen LogP) is 3.87. The number of fused-ring (bicyclic) bond motifs is 1. The Kier molecular flexibility index (Phi) is 3.64. The maximum absolute atomic E-state index is 12.7. The van der Waals surface area contributed by atoms with Gasteiger partial charge >= 0.3 is 0 Å². The first-order valence-electron chi connectivity index (χ1n) is 6.79. The molecule has 0 fully saturated rings. The third-order valence-electron chi connectivity index (χ3n) is 3.78. The lowest BCUT2D eigenvalue weighted by molar-refractivity contribution is -0.116. The van der Waals surface area contributed by atoms with E-state index in [-0.39, 0.29) is 11.7 Å². The molecule has 0 atom stereocenters. The van der Waals surface area contributed by atoms with E-state index in [2.05, 4.69) is 21.2 Å². The monoisotopic (exact) mass is 343 g/mol. The van der Waals surface area contributed by atoms with Gasteiger partial charge in [-0.25, -0.2) is 0 Å². The molecule has 0 saturated heterocycles. The molecule has 2 aromatic carbocycles. The van der Waals surface area contributed by atoms with Crippen LogP contribution in [0, 0.1) is 6.92 Å². The number of anilines is 1. The summed E-state index contributed by atoms with van der Waals surface area (Å²) >= 11 is 3.45. The van der Waals surface area contributed by atoms with Crippen LogP contribution in [0.15, 0.2) is 40.9 Å². The van der Waals surface area contributed by atoms with Crippen molar-refractivity contribution >= 4 is 33.3 Å². The molecule has 0 radical (unpaired) electrons. The molecule has 1 aliphatic rings. The SMILES string of the molecule is Cc1c(Br)cccc1C(=O)c1ccc2c(c1)CCC(=O)N2. The van der Waals surface area contributed by atoms with Crippen LogP contribution in [0.4, 0.5) is 5.69 Å². The minimum Gasteiger partial charge on any atom is -0.326 e. The van der Waals surface area contributed by atoms with Crippen molar-refractivity contribution in [1.29, 1.82) is 0 Å². The predicted molar refractivity (Wildman–Crippen MR) is 85.7 cm³/mol. The Morgan fingerprint density at radius 3 is 2.81 bits per heavy atom. The molecule has 0 bridgehead atoms. The minimum absolute atomic E-state index is 0.00787. The van der Waals surface area contributed by atoms with Gasteiger partial charge in [-0.15, -0.1) is 0 Å². The van der Waals surface area contributed by atoms with Gasteiger partial charge in [0.05, 0.1) is 0 Å². The number of ketones is 1. The standard InChI is InChI=1S/C17H14BrNO2/c1-10-13(3-2-4-14(10)18)17(21)12-5-7-15-11(9-12)6-8-16(20)19-15/h2-5,7,9H,6,8H2,1H3,(H,19,20). The number of hydrogen-bond acceptors (Lipinski definition) is 2. The summed E-state index contributed by atoms with van der Waals surface area (Å²) in [6.07, 6.45) is 1.15. The number of amides is 1. The fourth-order valence-corrected chi connectivity index (χ4v) is 2.90. The Morgan fingerprint density at radius 2 is 2.00 bits per heavy atom. The van der Waals surface area contributed by atoms with Crippen molar-refractivity contribution in [3.63, 3.8) is 0 Å². The first-order valence-corrected chi connectivity index (χ1v) is 7.58. The van der Waals surface area contributed by atoms with E-state index in [1.165, 1.54) is 0 Å². The van der Waals surface area contributed by atoms with Crippen molar-refractivity contribution in [3.8, 4) is 0 Å². The van der Waals surface area contributed by atoms with E-state index >= 15 is 0 Å². The van der Waals surface area contributed by atoms with Gasteiger partial charge in [-0.05, 0) is 48.7 Å². The number of carbonyl (C=O) groups excluding carboxylic acids is 2. The first-order chi connectivity index (χ1) is 10.1. The van der Waals surface area contributed by atoms with Crippen molar-refractivity contribution in [2.75, 3.05) is 5.32 Å². The molecule has 21 heavy (non-hydrogen) atoms. The van der Waals surface area contributed by atoms with Gasteiger partial charge in [-0.3, -0.25) is 9.59 Å². The topological polar surface area (TPSA) is 46.2 Å². The van der Waals surface area contributed by atoms with E-state index in [0.29, 0.717) is 24.0 Å². The smallest absolute Gasteiger partial charge is 0.224 e. The highest BCUT2D eigenvalue weighted by Gasteiger charge is 2.18. The van der Waals surface area contributed by atoms with Crippen molar-refractivity contribution in [2.24, 2.45) is 0 Å². The normalized spacial score (nSPS) is 13.5. The molecule has 2 aromatic rings. The molecule has 1 heterocycles. The molecule has 0 spiro atoms. The summed E-state index contributed by atoms with van der Waals surface area (Å²) in [5.74, 6) is 0.0397. The van der Waals surface area contributed by atoms with Crippen molar-refractivity contribution < 1.29 is 9.59 Å². The molecule has 3 nitrogen and oxygen atoms in total. The maximum Gasteiger partial charge on any atom is 0.224 e. The van der Waals surface area contributed by atoms with Crippen LogP contribution >= 0.6 is 15.9 Å². The fraction of sp³-hybridized carbons (Fsp3) is 0.176. The minimum atomic E-state index is 0.00787. The average molecular weight is 344 g/mol. The number of nitrogens with one attached hydrogen (secondary N) is 1. The lowest BCUT2D eigenvalue weighted by Crippen LogP contribution is -2.19. The Hall–Kier alpha value is -1.94. The zero-order valence-corrected chi connectivity index (χ0v) is 13.2. The molecule has 3 rings (SSSR count). The van der Waals surface area contributed by atoms with Crippen LogP contribution in [0.5, 0.6) is 0 Å². The summed E-state index contributed by atoms with van der Waals surface area (Å²) in [7, 11) is 0. The van der Waals surface area contributed by atoms with Crippen LogP contribution in [-0.2, 0) is 11.2 Å². The molecular weight excluding hydrogens is 330 g/mol. The van der Waals surface area contributed by atoms with Crippen LogP contribution in [0.2, 0.25) is 0 Å². The van der Waals surface area contributed by atoms with Gasteiger partial charge in [0.15, 0.2) is 5.78 Å². The summed E-state index contributed by atoms with van der Waals surface area (Å²) in [5, 5.41) is 2.83. The van der Waals surface area contributed by atoms with Gasteiger partial charge in [0, 0.05) is 27.7 Å². The third kappa shape index (κ3) is 2.63. The van der Waals surface area contributed by atoms with Crippen molar-refractivity contribution in [1.82, 2.24) is 0 Å². The van der Waals surface area contributed by atoms with Crippen molar-refractivity contribution in [2.45, 2.75) is 19.8 Å². The van der Waals surface area contributed by atoms with Crippen LogP contribution in [0.25, 0.3) is 0 Å². The van der Waals surface area contributed by atoms with Gasteiger partial charge in [0.1, 0.15) is 0 Å². The van der Waals surface area contributed by atoms with Gasteiger partial charge in [0.25, 0.3) is 0 Å². The number of benzene rings is 2. The highest BCUT2D eigenvalue weighted by atomic mass is 79.9. The Labute approximate surface area is 131 Å². The first kappa shape index (κ1) is 14.0. The summed E-state index contributed by atoms with van der Waals surface area (Å²) in [6, 6.07) is 11.1. The van der Waals surface area contributed by atoms with Gasteiger partial charge in [-0.1, -0.05) is 28.1 Å². The quantitative estimate of drug-likeness (QED) is 0.841. The molecule has 4 heteroatoms. The molecule has 0 unspecified atom stereocenters. The lowest BCUT2D eigenvalue weighted by Gasteiger charge is -2.17. The summed E-state index contributed by atoms with van der Waals surface area (Å²) in [6.45, 7) is 1.93. The van der Waals surface area contributed by atoms with E-state index in [1.54, 1.807) is 6.07 Å². The summed E-state index contributed by atoms with van der Waals surface area (Å²) in [4.78, 5) is 24.0. The van der Waals surface area contributed by atoms with Crippen LogP contribution in [0.3, 0.4) is 0 Å². The highest BCUT2D eigenvalue weighted by Crippen LogP contribution is 2.26. The molecule has 0 saturated carbocycles. The lowest BCUT2D eigenvalue weighted by atomic mass is 9.95. The summed E-state index contributed by atoms with van der Waals surface area (Å²) in [5.41, 5.74) is 4.13. The summed E-state index contributed by atoms with van der Waals surface area (Å²) < 4.78 is 0.929. The zero-order chi connectivity index (χ0) is 15.0. The van der Waals surface area contributed by atoms with Gasteiger partial charge in [-0.2, -0.15) is 0 Å². The Bertz CT molecular complexity index is 752. The second kappa shape index (κ2) is 5.45. The van der Waals surface area contributed by atoms with E-state index in [1.807, 2.05) is 37.3 Å². The Balaban J connectivity index is 1.99. The molecule has 1 aliphatic heterocycles. The molecule has 0 aromatic heterocycles. The van der Waals surface area contributed by atoms with Crippen LogP contribution in [0.1, 0.15) is 33.5 Å². The van der Waals surface area contributed by atoms with E-state index in [0.717, 1.165) is 21.3 Å². The van der Waals surface area contributed by atoms with E-state index in [9.17, 15) is 9.59 Å². The largest absolute Gasteiger partial charge is 0.326 e. The third-order valence-corrected chi connectivity index (χ3v) is 4.63.